The Kier molecular flexibility index (Phi) is 4.24. The Hall–Kier alpha value is -1.11. The van der Waals surface area contributed by atoms with E-state index in [1.54, 1.807) is 0 Å². The molecule has 1 unspecified atom stereocenters. The van der Waals surface area contributed by atoms with Crippen LogP contribution in [0.4, 0.5) is 11.5 Å². The summed E-state index contributed by atoms with van der Waals surface area (Å²) in [7, 11) is 1.85. The van der Waals surface area contributed by atoms with Crippen LogP contribution in [0.25, 0.3) is 0 Å². The second-order valence-corrected chi connectivity index (χ2v) is 5.51. The van der Waals surface area contributed by atoms with Crippen molar-refractivity contribution >= 4 is 23.1 Å². The van der Waals surface area contributed by atoms with E-state index in [2.05, 4.69) is 25.1 Å². The molecule has 2 fully saturated rings. The van der Waals surface area contributed by atoms with Gasteiger partial charge in [0.2, 0.25) is 0 Å². The number of aromatic nitrogens is 2. The fourth-order valence-corrected chi connectivity index (χ4v) is 3.21. The molecule has 0 amide bonds. The molecular formula is C13H20ClN5O. The van der Waals surface area contributed by atoms with Gasteiger partial charge in [-0.2, -0.15) is 0 Å². The SMILES string of the molecule is CNc1c(Cl)ncnc1N1CCC(N2CCOCC2)C1. The lowest BCUT2D eigenvalue weighted by molar-refractivity contribution is 0.0209. The molecule has 0 radical (unpaired) electrons. The largest absolute Gasteiger partial charge is 0.383 e. The molecule has 0 aliphatic carbocycles. The summed E-state index contributed by atoms with van der Waals surface area (Å²) in [4.78, 5) is 13.2. The van der Waals surface area contributed by atoms with E-state index < -0.39 is 0 Å². The van der Waals surface area contributed by atoms with Crippen molar-refractivity contribution in [3.05, 3.63) is 11.5 Å². The minimum absolute atomic E-state index is 0.479. The highest BCUT2D eigenvalue weighted by molar-refractivity contribution is 6.32. The van der Waals surface area contributed by atoms with Crippen molar-refractivity contribution in [2.24, 2.45) is 0 Å². The predicted octanol–water partition coefficient (Wildman–Crippen LogP) is 1.08. The summed E-state index contributed by atoms with van der Waals surface area (Å²) < 4.78 is 5.42. The van der Waals surface area contributed by atoms with Crippen molar-refractivity contribution in [2.75, 3.05) is 56.7 Å². The van der Waals surface area contributed by atoms with Gasteiger partial charge in [0.05, 0.1) is 13.2 Å². The molecule has 1 atom stereocenters. The van der Waals surface area contributed by atoms with Gasteiger partial charge in [0.1, 0.15) is 12.0 Å². The smallest absolute Gasteiger partial charge is 0.157 e. The van der Waals surface area contributed by atoms with Gasteiger partial charge in [-0.3, -0.25) is 4.90 Å². The highest BCUT2D eigenvalue weighted by Crippen LogP contribution is 2.31. The first-order valence-corrected chi connectivity index (χ1v) is 7.42. The molecule has 0 aromatic carbocycles. The van der Waals surface area contributed by atoms with Crippen LogP contribution in [-0.2, 0) is 4.74 Å². The number of morpholine rings is 1. The third-order valence-electron chi connectivity index (χ3n) is 4.06. The van der Waals surface area contributed by atoms with Crippen LogP contribution in [0.15, 0.2) is 6.33 Å². The summed E-state index contributed by atoms with van der Waals surface area (Å²) in [5, 5.41) is 3.58. The molecule has 2 saturated heterocycles. The number of anilines is 2. The van der Waals surface area contributed by atoms with E-state index in [-0.39, 0.29) is 0 Å². The molecule has 110 valence electrons. The fraction of sp³-hybridized carbons (Fsp3) is 0.692. The Balaban J connectivity index is 1.72. The van der Waals surface area contributed by atoms with Crippen LogP contribution < -0.4 is 10.2 Å². The maximum absolute atomic E-state index is 6.13. The van der Waals surface area contributed by atoms with E-state index in [1.807, 2.05) is 7.05 Å². The molecular weight excluding hydrogens is 278 g/mol. The molecule has 3 heterocycles. The first-order valence-electron chi connectivity index (χ1n) is 7.04. The van der Waals surface area contributed by atoms with E-state index in [1.165, 1.54) is 6.33 Å². The van der Waals surface area contributed by atoms with Crippen LogP contribution in [0.1, 0.15) is 6.42 Å². The van der Waals surface area contributed by atoms with Gasteiger partial charge in [-0.15, -0.1) is 0 Å². The maximum atomic E-state index is 6.13. The lowest BCUT2D eigenvalue weighted by Gasteiger charge is -2.32. The first-order chi connectivity index (χ1) is 9.79. The highest BCUT2D eigenvalue weighted by atomic mass is 35.5. The highest BCUT2D eigenvalue weighted by Gasteiger charge is 2.30. The average molecular weight is 298 g/mol. The summed E-state index contributed by atoms with van der Waals surface area (Å²) >= 11 is 6.13. The van der Waals surface area contributed by atoms with E-state index >= 15 is 0 Å². The van der Waals surface area contributed by atoms with Crippen molar-refractivity contribution in [2.45, 2.75) is 12.5 Å². The minimum atomic E-state index is 0.479. The van der Waals surface area contributed by atoms with E-state index in [4.69, 9.17) is 16.3 Å². The second-order valence-electron chi connectivity index (χ2n) is 5.15. The topological polar surface area (TPSA) is 53.5 Å². The average Bonchev–Trinajstić information content (AvgIpc) is 2.97. The van der Waals surface area contributed by atoms with Crippen molar-refractivity contribution < 1.29 is 4.74 Å². The molecule has 3 rings (SSSR count). The molecule has 7 heteroatoms. The Morgan fingerprint density at radius 1 is 1.30 bits per heavy atom. The van der Waals surface area contributed by atoms with Crippen LogP contribution >= 0.6 is 11.6 Å². The number of nitrogens with zero attached hydrogens (tertiary/aromatic N) is 4. The molecule has 1 aromatic rings. The number of rotatable bonds is 3. The normalized spacial score (nSPS) is 24.1. The number of ether oxygens (including phenoxy) is 1. The summed E-state index contributed by atoms with van der Waals surface area (Å²) in [5.74, 6) is 0.906. The zero-order chi connectivity index (χ0) is 13.9. The van der Waals surface area contributed by atoms with Crippen LogP contribution in [0, 0.1) is 0 Å². The van der Waals surface area contributed by atoms with E-state index in [0.29, 0.717) is 11.2 Å². The van der Waals surface area contributed by atoms with E-state index in [0.717, 1.165) is 57.3 Å². The number of halogens is 1. The minimum Gasteiger partial charge on any atom is -0.383 e. The molecule has 0 saturated carbocycles. The summed E-state index contributed by atoms with van der Waals surface area (Å²) in [5.41, 5.74) is 0.816. The number of hydrogen-bond acceptors (Lipinski definition) is 6. The molecule has 0 bridgehead atoms. The lowest BCUT2D eigenvalue weighted by Crippen LogP contribution is -2.44. The maximum Gasteiger partial charge on any atom is 0.157 e. The third-order valence-corrected chi connectivity index (χ3v) is 4.34. The van der Waals surface area contributed by atoms with Crippen molar-refractivity contribution in [3.63, 3.8) is 0 Å². The second kappa shape index (κ2) is 6.11. The molecule has 1 N–H and O–H groups in total. The van der Waals surface area contributed by atoms with Crippen LogP contribution in [0.3, 0.4) is 0 Å². The predicted molar refractivity (Wildman–Crippen MR) is 79.6 cm³/mol. The Labute approximate surface area is 124 Å². The van der Waals surface area contributed by atoms with Crippen LogP contribution in [0.5, 0.6) is 0 Å². The van der Waals surface area contributed by atoms with Gasteiger partial charge in [0, 0.05) is 39.3 Å². The fourth-order valence-electron chi connectivity index (χ4n) is 2.99. The standard InChI is InChI=1S/C13H20ClN5O/c1-15-11-12(14)16-9-17-13(11)19-3-2-10(8-19)18-4-6-20-7-5-18/h9-10,15H,2-8H2,1H3. The quantitative estimate of drug-likeness (QED) is 0.843. The van der Waals surface area contributed by atoms with Crippen molar-refractivity contribution in [1.29, 1.82) is 0 Å². The van der Waals surface area contributed by atoms with Crippen molar-refractivity contribution in [1.82, 2.24) is 14.9 Å². The Bertz CT molecular complexity index is 466. The summed E-state index contributed by atoms with van der Waals surface area (Å²) in [6.45, 7) is 5.74. The Morgan fingerprint density at radius 3 is 2.85 bits per heavy atom. The zero-order valence-electron chi connectivity index (χ0n) is 11.7. The zero-order valence-corrected chi connectivity index (χ0v) is 12.4. The number of hydrogen-bond donors (Lipinski definition) is 1. The van der Waals surface area contributed by atoms with Crippen LogP contribution in [-0.4, -0.2) is 67.4 Å². The van der Waals surface area contributed by atoms with E-state index in [9.17, 15) is 0 Å². The molecule has 6 nitrogen and oxygen atoms in total. The first kappa shape index (κ1) is 13.9. The van der Waals surface area contributed by atoms with Gasteiger partial charge in [-0.05, 0) is 6.42 Å². The molecule has 20 heavy (non-hydrogen) atoms. The molecule has 1 aromatic heterocycles. The van der Waals surface area contributed by atoms with Crippen molar-refractivity contribution in [3.8, 4) is 0 Å². The summed E-state index contributed by atoms with van der Waals surface area (Å²) in [6, 6.07) is 0.581. The van der Waals surface area contributed by atoms with Gasteiger partial charge in [0.15, 0.2) is 11.0 Å². The monoisotopic (exact) mass is 297 g/mol. The van der Waals surface area contributed by atoms with Gasteiger partial charge >= 0.3 is 0 Å². The molecule has 0 spiro atoms. The van der Waals surface area contributed by atoms with Gasteiger partial charge in [-0.25, -0.2) is 9.97 Å². The van der Waals surface area contributed by atoms with Crippen LogP contribution in [0.2, 0.25) is 5.15 Å². The van der Waals surface area contributed by atoms with Gasteiger partial charge in [-0.1, -0.05) is 11.6 Å². The lowest BCUT2D eigenvalue weighted by atomic mass is 10.2. The third kappa shape index (κ3) is 2.68. The van der Waals surface area contributed by atoms with Gasteiger partial charge < -0.3 is 15.0 Å². The summed E-state index contributed by atoms with van der Waals surface area (Å²) in [6.07, 6.45) is 2.69. The molecule has 2 aliphatic heterocycles. The Morgan fingerprint density at radius 2 is 2.10 bits per heavy atom. The van der Waals surface area contributed by atoms with Gasteiger partial charge in [0.25, 0.3) is 0 Å². The molecule has 2 aliphatic rings. The number of nitrogens with one attached hydrogen (secondary N) is 1.